The van der Waals surface area contributed by atoms with E-state index in [4.69, 9.17) is 9.72 Å². The van der Waals surface area contributed by atoms with Crippen molar-refractivity contribution in [2.45, 2.75) is 13.8 Å². The van der Waals surface area contributed by atoms with Crippen LogP contribution in [0.5, 0.6) is 5.75 Å². The second-order valence-electron chi connectivity index (χ2n) is 6.84. The van der Waals surface area contributed by atoms with Gasteiger partial charge in [-0.1, -0.05) is 17.4 Å². The van der Waals surface area contributed by atoms with Gasteiger partial charge in [-0.05, 0) is 55.8 Å². The molecular weight excluding hydrogens is 358 g/mol. The Labute approximate surface area is 164 Å². The maximum absolute atomic E-state index is 13.2. The van der Waals surface area contributed by atoms with Crippen LogP contribution in [0.4, 0.5) is 5.13 Å². The molecule has 0 fully saturated rings. The number of fused-ring (bicyclic) bond motifs is 1. The molecule has 3 aromatic rings. The van der Waals surface area contributed by atoms with E-state index in [1.54, 1.807) is 16.2 Å². The third-order valence-corrected chi connectivity index (χ3v) is 5.30. The highest BCUT2D eigenvalue weighted by molar-refractivity contribution is 7.22. The smallest absolute Gasteiger partial charge is 0.260 e. The van der Waals surface area contributed by atoms with Gasteiger partial charge in [0.05, 0.1) is 44.0 Å². The van der Waals surface area contributed by atoms with Gasteiger partial charge in [0, 0.05) is 5.56 Å². The first-order valence-electron chi connectivity index (χ1n) is 9.19. The number of carbonyl (C=O) groups is 1. The van der Waals surface area contributed by atoms with Gasteiger partial charge in [0.15, 0.2) is 5.13 Å². The minimum atomic E-state index is -0.0323. The average Bonchev–Trinajstić information content (AvgIpc) is 3.05. The van der Waals surface area contributed by atoms with Crippen LogP contribution in [-0.2, 0) is 0 Å². The summed E-state index contributed by atoms with van der Waals surface area (Å²) in [7, 11) is 4.17. The Balaban J connectivity index is 1.92. The van der Waals surface area contributed by atoms with E-state index in [9.17, 15) is 4.79 Å². The van der Waals surface area contributed by atoms with Gasteiger partial charge in [-0.3, -0.25) is 9.69 Å². The van der Waals surface area contributed by atoms with Gasteiger partial charge in [-0.25, -0.2) is 4.98 Å². The van der Waals surface area contributed by atoms with E-state index in [-0.39, 0.29) is 5.91 Å². The van der Waals surface area contributed by atoms with Crippen molar-refractivity contribution in [1.29, 1.82) is 0 Å². The van der Waals surface area contributed by atoms with Gasteiger partial charge in [-0.2, -0.15) is 0 Å². The molecule has 0 unspecified atom stereocenters. The standard InChI is InChI=1S/C21H25N3O2S/c1-5-26-17-9-7-16(8-10-17)20(25)24(13-12-23(3)4)21-22-18-11-6-15(2)14-19(18)27-21/h6-11,14H,5,12-13H2,1-4H3/p+1. The Hall–Kier alpha value is -2.44. The SMILES string of the molecule is CCOc1ccc(C(=O)N(CC[NH+](C)C)c2nc3ccc(C)cc3s2)cc1. The zero-order valence-corrected chi connectivity index (χ0v) is 17.1. The molecule has 0 bridgehead atoms. The van der Waals surface area contributed by atoms with E-state index >= 15 is 0 Å². The van der Waals surface area contributed by atoms with Gasteiger partial charge in [-0.15, -0.1) is 0 Å². The van der Waals surface area contributed by atoms with Crippen LogP contribution < -0.4 is 14.5 Å². The topological polar surface area (TPSA) is 46.9 Å². The molecule has 1 aromatic heterocycles. The molecule has 1 N–H and O–H groups in total. The van der Waals surface area contributed by atoms with Crippen LogP contribution in [0.1, 0.15) is 22.8 Å². The summed E-state index contributed by atoms with van der Waals surface area (Å²) in [5, 5.41) is 0.746. The predicted molar refractivity (Wildman–Crippen MR) is 111 cm³/mol. The summed E-state index contributed by atoms with van der Waals surface area (Å²) in [6.07, 6.45) is 0. The van der Waals surface area contributed by atoms with Crippen molar-refractivity contribution in [3.63, 3.8) is 0 Å². The van der Waals surface area contributed by atoms with Crippen LogP contribution in [0.3, 0.4) is 0 Å². The molecule has 0 aliphatic rings. The highest BCUT2D eigenvalue weighted by Gasteiger charge is 2.22. The number of nitrogens with one attached hydrogen (secondary N) is 1. The number of rotatable bonds is 7. The van der Waals surface area contributed by atoms with Crippen molar-refractivity contribution in [3.05, 3.63) is 53.6 Å². The number of hydrogen-bond donors (Lipinski definition) is 1. The number of hydrogen-bond acceptors (Lipinski definition) is 4. The number of quaternary nitrogens is 1. The molecule has 6 heteroatoms. The Bertz CT molecular complexity index is 919. The number of thiazole rings is 1. The van der Waals surface area contributed by atoms with Crippen LogP contribution >= 0.6 is 11.3 Å². The van der Waals surface area contributed by atoms with Crippen LogP contribution in [0.25, 0.3) is 10.2 Å². The zero-order chi connectivity index (χ0) is 19.4. The maximum Gasteiger partial charge on any atom is 0.260 e. The van der Waals surface area contributed by atoms with Crippen LogP contribution in [-0.4, -0.2) is 44.7 Å². The molecule has 0 aliphatic heterocycles. The molecule has 5 nitrogen and oxygen atoms in total. The number of carbonyl (C=O) groups excluding carboxylic acids is 1. The lowest BCUT2D eigenvalue weighted by Gasteiger charge is -2.20. The van der Waals surface area contributed by atoms with E-state index in [0.29, 0.717) is 18.7 Å². The number of benzene rings is 2. The average molecular weight is 385 g/mol. The Kier molecular flexibility index (Phi) is 6.08. The van der Waals surface area contributed by atoms with E-state index in [0.717, 1.165) is 27.6 Å². The zero-order valence-electron chi connectivity index (χ0n) is 16.3. The summed E-state index contributed by atoms with van der Waals surface area (Å²) in [6, 6.07) is 13.5. The molecule has 0 atom stereocenters. The lowest BCUT2D eigenvalue weighted by atomic mass is 10.2. The minimum Gasteiger partial charge on any atom is -0.494 e. The fraction of sp³-hybridized carbons (Fsp3) is 0.333. The van der Waals surface area contributed by atoms with Gasteiger partial charge in [0.25, 0.3) is 5.91 Å². The van der Waals surface area contributed by atoms with Crippen LogP contribution in [0.15, 0.2) is 42.5 Å². The van der Waals surface area contributed by atoms with Gasteiger partial charge < -0.3 is 9.64 Å². The van der Waals surface area contributed by atoms with Crippen molar-refractivity contribution in [3.8, 4) is 5.75 Å². The predicted octanol–water partition coefficient (Wildman–Crippen LogP) is 2.79. The molecule has 1 heterocycles. The molecule has 0 saturated carbocycles. The Morgan fingerprint density at radius 1 is 1.19 bits per heavy atom. The number of ether oxygens (including phenoxy) is 1. The molecule has 0 saturated heterocycles. The molecular formula is C21H26N3O2S+. The van der Waals surface area contributed by atoms with Gasteiger partial charge in [0.1, 0.15) is 5.75 Å². The second kappa shape index (κ2) is 8.50. The van der Waals surface area contributed by atoms with Crippen LogP contribution in [0, 0.1) is 6.92 Å². The van der Waals surface area contributed by atoms with Crippen molar-refractivity contribution < 1.29 is 14.4 Å². The molecule has 2 aromatic carbocycles. The number of likely N-dealkylation sites (N-methyl/N-ethyl adjacent to an activating group) is 1. The van der Waals surface area contributed by atoms with Crippen molar-refractivity contribution >= 4 is 32.6 Å². The molecule has 142 valence electrons. The minimum absolute atomic E-state index is 0.0323. The number of aromatic nitrogens is 1. The summed E-state index contributed by atoms with van der Waals surface area (Å²) in [4.78, 5) is 21.0. The van der Waals surface area contributed by atoms with Gasteiger partial charge in [0.2, 0.25) is 0 Å². The van der Waals surface area contributed by atoms with Crippen LogP contribution in [0.2, 0.25) is 0 Å². The molecule has 27 heavy (non-hydrogen) atoms. The maximum atomic E-state index is 13.2. The lowest BCUT2D eigenvalue weighted by Crippen LogP contribution is -3.06. The number of amides is 1. The van der Waals surface area contributed by atoms with Crippen molar-refractivity contribution in [2.75, 3.05) is 38.7 Å². The first-order chi connectivity index (χ1) is 13.0. The molecule has 0 aliphatic carbocycles. The summed E-state index contributed by atoms with van der Waals surface area (Å²) >= 11 is 1.57. The third-order valence-electron chi connectivity index (χ3n) is 4.26. The van der Waals surface area contributed by atoms with E-state index in [2.05, 4.69) is 33.2 Å². The largest absolute Gasteiger partial charge is 0.494 e. The highest BCUT2D eigenvalue weighted by atomic mass is 32.1. The second-order valence-corrected chi connectivity index (χ2v) is 7.85. The van der Waals surface area contributed by atoms with Crippen molar-refractivity contribution in [2.24, 2.45) is 0 Å². The van der Waals surface area contributed by atoms with Gasteiger partial charge >= 0.3 is 0 Å². The number of nitrogens with zero attached hydrogens (tertiary/aromatic N) is 2. The summed E-state index contributed by atoms with van der Waals surface area (Å²) in [5.74, 6) is 0.740. The quantitative estimate of drug-likeness (QED) is 0.681. The summed E-state index contributed by atoms with van der Waals surface area (Å²) in [6.45, 7) is 6.08. The monoisotopic (exact) mass is 384 g/mol. The number of aryl methyl sites for hydroxylation is 1. The third kappa shape index (κ3) is 4.64. The van der Waals surface area contributed by atoms with Crippen molar-refractivity contribution in [1.82, 2.24) is 4.98 Å². The fourth-order valence-electron chi connectivity index (χ4n) is 2.77. The lowest BCUT2D eigenvalue weighted by molar-refractivity contribution is -0.856. The van der Waals surface area contributed by atoms with E-state index in [1.807, 2.05) is 37.3 Å². The molecule has 0 spiro atoms. The normalized spacial score (nSPS) is 11.1. The first-order valence-corrected chi connectivity index (χ1v) is 10.0. The summed E-state index contributed by atoms with van der Waals surface area (Å²) in [5.41, 5.74) is 2.77. The Morgan fingerprint density at radius 2 is 1.93 bits per heavy atom. The van der Waals surface area contributed by atoms with E-state index in [1.165, 1.54) is 10.5 Å². The molecule has 3 rings (SSSR count). The number of anilines is 1. The first kappa shape index (κ1) is 19.3. The fourth-order valence-corrected chi connectivity index (χ4v) is 3.86. The molecule has 0 radical (unpaired) electrons. The molecule has 1 amide bonds. The van der Waals surface area contributed by atoms with E-state index < -0.39 is 0 Å². The Morgan fingerprint density at radius 3 is 2.59 bits per heavy atom. The summed E-state index contributed by atoms with van der Waals surface area (Å²) < 4.78 is 6.58. The highest BCUT2D eigenvalue weighted by Crippen LogP contribution is 2.30.